The Kier molecular flexibility index (Phi) is 5.83. The van der Waals surface area contributed by atoms with Crippen LogP contribution in [0.2, 0.25) is 0 Å². The van der Waals surface area contributed by atoms with E-state index in [0.717, 1.165) is 36.6 Å². The average Bonchev–Trinajstić information content (AvgIpc) is 2.96. The molecule has 0 spiro atoms. The van der Waals surface area contributed by atoms with Gasteiger partial charge in [0.25, 0.3) is 5.13 Å². The molecular formula is C15H21N5OS. The van der Waals surface area contributed by atoms with Crippen molar-refractivity contribution in [2.45, 2.75) is 33.6 Å². The van der Waals surface area contributed by atoms with Crippen LogP contribution in [-0.2, 0) is 6.42 Å². The van der Waals surface area contributed by atoms with Gasteiger partial charge >= 0.3 is 0 Å². The number of aromatic hydroxyl groups is 1. The predicted octanol–water partition coefficient (Wildman–Crippen LogP) is 4.46. The van der Waals surface area contributed by atoms with Crippen LogP contribution in [0.15, 0.2) is 28.4 Å². The zero-order chi connectivity index (χ0) is 15.9. The third-order valence-electron chi connectivity index (χ3n) is 3.25. The topological polar surface area (TPSA) is 74.0 Å². The SMILES string of the molecule is CCCc1nnc(N=Nc2ccc(N(CC)CC)cc2O)s1. The molecule has 2 rings (SSSR count). The van der Waals surface area contributed by atoms with Gasteiger partial charge in [-0.3, -0.25) is 0 Å². The summed E-state index contributed by atoms with van der Waals surface area (Å²) in [7, 11) is 0. The molecule has 1 N–H and O–H groups in total. The number of rotatable bonds is 7. The Morgan fingerprint density at radius 1 is 1.14 bits per heavy atom. The maximum absolute atomic E-state index is 10.1. The van der Waals surface area contributed by atoms with Crippen LogP contribution in [0.1, 0.15) is 32.2 Å². The molecule has 0 radical (unpaired) electrons. The van der Waals surface area contributed by atoms with Crippen molar-refractivity contribution in [1.29, 1.82) is 0 Å². The number of phenolic OH excluding ortho intramolecular Hbond substituents is 1. The van der Waals surface area contributed by atoms with Gasteiger partial charge in [-0.25, -0.2) is 0 Å². The van der Waals surface area contributed by atoms with Crippen LogP contribution in [0, 0.1) is 0 Å². The molecule has 0 atom stereocenters. The zero-order valence-electron chi connectivity index (χ0n) is 13.2. The quantitative estimate of drug-likeness (QED) is 0.765. The second kappa shape index (κ2) is 7.84. The van der Waals surface area contributed by atoms with Crippen molar-refractivity contribution in [2.75, 3.05) is 18.0 Å². The molecule has 0 aliphatic heterocycles. The Labute approximate surface area is 134 Å². The fourth-order valence-electron chi connectivity index (χ4n) is 2.08. The lowest BCUT2D eigenvalue weighted by molar-refractivity contribution is 0.476. The van der Waals surface area contributed by atoms with E-state index in [1.165, 1.54) is 11.3 Å². The summed E-state index contributed by atoms with van der Waals surface area (Å²) in [5.74, 6) is 0.117. The fraction of sp³-hybridized carbons (Fsp3) is 0.467. The van der Waals surface area contributed by atoms with Crippen LogP contribution >= 0.6 is 11.3 Å². The second-order valence-electron chi connectivity index (χ2n) is 4.77. The largest absolute Gasteiger partial charge is 0.506 e. The molecule has 0 amide bonds. The molecule has 1 aromatic carbocycles. The highest BCUT2D eigenvalue weighted by molar-refractivity contribution is 7.14. The van der Waals surface area contributed by atoms with E-state index in [-0.39, 0.29) is 5.75 Å². The van der Waals surface area contributed by atoms with Crippen molar-refractivity contribution in [1.82, 2.24) is 10.2 Å². The molecule has 2 aromatic rings. The minimum Gasteiger partial charge on any atom is -0.506 e. The van der Waals surface area contributed by atoms with E-state index in [4.69, 9.17) is 0 Å². The van der Waals surface area contributed by atoms with Crippen molar-refractivity contribution >= 4 is 27.8 Å². The number of aryl methyl sites for hydroxylation is 1. The summed E-state index contributed by atoms with van der Waals surface area (Å²) in [5.41, 5.74) is 1.41. The summed E-state index contributed by atoms with van der Waals surface area (Å²) in [5, 5.41) is 27.7. The smallest absolute Gasteiger partial charge is 0.251 e. The highest BCUT2D eigenvalue weighted by Crippen LogP contribution is 2.32. The van der Waals surface area contributed by atoms with Crippen LogP contribution in [0.4, 0.5) is 16.5 Å². The highest BCUT2D eigenvalue weighted by atomic mass is 32.1. The molecule has 6 nitrogen and oxygen atoms in total. The normalized spacial score (nSPS) is 11.2. The van der Waals surface area contributed by atoms with Crippen molar-refractivity contribution in [3.05, 3.63) is 23.2 Å². The number of benzene rings is 1. The molecule has 7 heteroatoms. The van der Waals surface area contributed by atoms with Crippen molar-refractivity contribution < 1.29 is 5.11 Å². The van der Waals surface area contributed by atoms with Gasteiger partial charge in [-0.1, -0.05) is 18.3 Å². The lowest BCUT2D eigenvalue weighted by Crippen LogP contribution is -2.21. The number of azo groups is 1. The van der Waals surface area contributed by atoms with Gasteiger partial charge in [-0.05, 0) is 32.4 Å². The van der Waals surface area contributed by atoms with Gasteiger partial charge in [0.05, 0.1) is 0 Å². The fourth-order valence-corrected chi connectivity index (χ4v) is 2.84. The third-order valence-corrected chi connectivity index (χ3v) is 4.12. The maximum Gasteiger partial charge on any atom is 0.251 e. The Balaban J connectivity index is 2.13. The first kappa shape index (κ1) is 16.4. The molecule has 0 bridgehead atoms. The van der Waals surface area contributed by atoms with Gasteiger partial charge in [0.15, 0.2) is 0 Å². The molecule has 0 fully saturated rings. The molecule has 0 aliphatic carbocycles. The third kappa shape index (κ3) is 4.00. The van der Waals surface area contributed by atoms with E-state index in [0.29, 0.717) is 10.8 Å². The summed E-state index contributed by atoms with van der Waals surface area (Å²) in [6, 6.07) is 5.41. The number of nitrogens with zero attached hydrogens (tertiary/aromatic N) is 5. The first-order chi connectivity index (χ1) is 10.7. The van der Waals surface area contributed by atoms with E-state index in [1.54, 1.807) is 12.1 Å². The Morgan fingerprint density at radius 2 is 1.91 bits per heavy atom. The number of hydrogen-bond donors (Lipinski definition) is 1. The number of phenols is 1. The molecule has 1 heterocycles. The van der Waals surface area contributed by atoms with Crippen molar-refractivity contribution in [2.24, 2.45) is 10.2 Å². The van der Waals surface area contributed by atoms with Gasteiger partial charge in [-0.15, -0.1) is 20.4 Å². The molecule has 0 aliphatic rings. The molecule has 0 saturated heterocycles. The maximum atomic E-state index is 10.1. The van der Waals surface area contributed by atoms with Gasteiger partial charge in [-0.2, -0.15) is 0 Å². The summed E-state index contributed by atoms with van der Waals surface area (Å²) in [6.45, 7) is 8.04. The molecule has 1 aromatic heterocycles. The standard InChI is InChI=1S/C15H21N5OS/c1-4-7-14-17-19-15(22-14)18-16-12-9-8-11(10-13(12)21)20(5-2)6-3/h8-10,21H,4-7H2,1-3H3. The van der Waals surface area contributed by atoms with Crippen LogP contribution in [0.5, 0.6) is 5.75 Å². The van der Waals surface area contributed by atoms with Crippen molar-refractivity contribution in [3.63, 3.8) is 0 Å². The molecule has 118 valence electrons. The van der Waals surface area contributed by atoms with E-state index in [2.05, 4.69) is 46.1 Å². The Bertz CT molecular complexity index is 637. The van der Waals surface area contributed by atoms with Gasteiger partial charge in [0, 0.05) is 31.3 Å². The van der Waals surface area contributed by atoms with Crippen molar-refractivity contribution in [3.8, 4) is 5.75 Å². The lowest BCUT2D eigenvalue weighted by atomic mass is 10.2. The minimum absolute atomic E-state index is 0.117. The van der Waals surface area contributed by atoms with Gasteiger partial charge in [0.1, 0.15) is 16.4 Å². The molecule has 22 heavy (non-hydrogen) atoms. The Hall–Kier alpha value is -2.02. The van der Waals surface area contributed by atoms with E-state index < -0.39 is 0 Å². The molecule has 0 unspecified atom stereocenters. The van der Waals surface area contributed by atoms with E-state index >= 15 is 0 Å². The monoisotopic (exact) mass is 319 g/mol. The average molecular weight is 319 g/mol. The second-order valence-corrected chi connectivity index (χ2v) is 5.81. The first-order valence-electron chi connectivity index (χ1n) is 7.50. The molecular weight excluding hydrogens is 298 g/mol. The Morgan fingerprint density at radius 3 is 2.55 bits per heavy atom. The lowest BCUT2D eigenvalue weighted by Gasteiger charge is -2.21. The number of aromatic nitrogens is 2. The van der Waals surface area contributed by atoms with Crippen LogP contribution < -0.4 is 4.90 Å². The van der Waals surface area contributed by atoms with Crippen LogP contribution in [-0.4, -0.2) is 28.4 Å². The summed E-state index contributed by atoms with van der Waals surface area (Å²) >= 11 is 1.43. The summed E-state index contributed by atoms with van der Waals surface area (Å²) in [6.07, 6.45) is 1.93. The van der Waals surface area contributed by atoms with Crippen LogP contribution in [0.3, 0.4) is 0 Å². The summed E-state index contributed by atoms with van der Waals surface area (Å²) < 4.78 is 0. The first-order valence-corrected chi connectivity index (χ1v) is 8.31. The molecule has 0 saturated carbocycles. The van der Waals surface area contributed by atoms with Gasteiger partial charge < -0.3 is 10.0 Å². The highest BCUT2D eigenvalue weighted by Gasteiger charge is 2.07. The number of anilines is 1. The zero-order valence-corrected chi connectivity index (χ0v) is 14.0. The number of hydrogen-bond acceptors (Lipinski definition) is 7. The van der Waals surface area contributed by atoms with Gasteiger partial charge in [0.2, 0.25) is 0 Å². The summed E-state index contributed by atoms with van der Waals surface area (Å²) in [4.78, 5) is 2.16. The minimum atomic E-state index is 0.117. The van der Waals surface area contributed by atoms with E-state index in [1.807, 2.05) is 6.07 Å². The van der Waals surface area contributed by atoms with Crippen LogP contribution in [0.25, 0.3) is 0 Å². The van der Waals surface area contributed by atoms with E-state index in [9.17, 15) is 5.11 Å². The predicted molar refractivity (Wildman–Crippen MR) is 89.7 cm³/mol.